The van der Waals surface area contributed by atoms with Gasteiger partial charge in [-0.1, -0.05) is 0 Å². The van der Waals surface area contributed by atoms with Crippen molar-refractivity contribution in [1.82, 2.24) is 4.90 Å². The van der Waals surface area contributed by atoms with Gasteiger partial charge in [0, 0.05) is 25.1 Å². The second-order valence-corrected chi connectivity index (χ2v) is 7.89. The van der Waals surface area contributed by atoms with Gasteiger partial charge in [0.25, 0.3) is 5.91 Å². The summed E-state index contributed by atoms with van der Waals surface area (Å²) in [5.74, 6) is 0.420. The van der Waals surface area contributed by atoms with E-state index in [-0.39, 0.29) is 23.4 Å². The lowest BCUT2D eigenvalue weighted by atomic mass is 9.88. The predicted octanol–water partition coefficient (Wildman–Crippen LogP) is 3.32. The number of hydrogen-bond acceptors (Lipinski definition) is 3. The van der Waals surface area contributed by atoms with E-state index in [1.807, 2.05) is 4.90 Å². The van der Waals surface area contributed by atoms with Crippen LogP contribution in [0.2, 0.25) is 0 Å². The summed E-state index contributed by atoms with van der Waals surface area (Å²) in [6, 6.07) is 4.36. The summed E-state index contributed by atoms with van der Waals surface area (Å²) in [6.07, 6.45) is 5.51. The van der Waals surface area contributed by atoms with Gasteiger partial charge in [0.2, 0.25) is 0 Å². The number of amides is 1. The van der Waals surface area contributed by atoms with Crippen LogP contribution in [0, 0.1) is 18.7 Å². The summed E-state index contributed by atoms with van der Waals surface area (Å²) >= 11 is 0. The normalized spacial score (nSPS) is 29.4. The standard InChI is InChI=1S/C20H26FNO3/c1-14-9-16(21)5-6-18(14)19(23)22-8-2-7-20(13-22)10-17(12-25-20)24-11-15-3-4-15/h5-6,9,15,17H,2-4,7-8,10-13H2,1H3/t17-,20+/m1/s1. The maximum atomic E-state index is 13.3. The number of benzene rings is 1. The zero-order valence-electron chi connectivity index (χ0n) is 14.8. The van der Waals surface area contributed by atoms with Crippen molar-refractivity contribution in [2.24, 2.45) is 5.92 Å². The van der Waals surface area contributed by atoms with Gasteiger partial charge in [-0.3, -0.25) is 4.79 Å². The van der Waals surface area contributed by atoms with Crippen molar-refractivity contribution < 1.29 is 18.7 Å². The van der Waals surface area contributed by atoms with Crippen molar-refractivity contribution in [2.45, 2.75) is 50.7 Å². The highest BCUT2D eigenvalue weighted by atomic mass is 19.1. The topological polar surface area (TPSA) is 38.8 Å². The average molecular weight is 347 g/mol. The Balaban J connectivity index is 1.41. The molecule has 1 spiro atoms. The number of hydrogen-bond donors (Lipinski definition) is 0. The number of nitrogens with zero attached hydrogens (tertiary/aromatic N) is 1. The lowest BCUT2D eigenvalue weighted by Crippen LogP contribution is -2.50. The predicted molar refractivity (Wildman–Crippen MR) is 92.0 cm³/mol. The molecule has 2 saturated heterocycles. The molecule has 0 radical (unpaired) electrons. The van der Waals surface area contributed by atoms with Gasteiger partial charge in [-0.2, -0.15) is 0 Å². The quantitative estimate of drug-likeness (QED) is 0.839. The summed E-state index contributed by atoms with van der Waals surface area (Å²) in [7, 11) is 0. The second-order valence-electron chi connectivity index (χ2n) is 7.89. The minimum atomic E-state index is -0.307. The van der Waals surface area contributed by atoms with E-state index in [9.17, 15) is 9.18 Å². The van der Waals surface area contributed by atoms with Gasteiger partial charge in [0.05, 0.1) is 24.9 Å². The van der Waals surface area contributed by atoms with E-state index < -0.39 is 0 Å². The Kier molecular flexibility index (Phi) is 4.54. The Morgan fingerprint density at radius 1 is 1.44 bits per heavy atom. The largest absolute Gasteiger partial charge is 0.375 e. The second kappa shape index (κ2) is 6.69. The SMILES string of the molecule is Cc1cc(F)ccc1C(=O)N1CCC[C@]2(C[C@@H](OCC3CC3)CO2)C1. The summed E-state index contributed by atoms with van der Waals surface area (Å²) in [5.41, 5.74) is 0.997. The van der Waals surface area contributed by atoms with Crippen LogP contribution in [0.1, 0.15) is 48.0 Å². The molecule has 3 fully saturated rings. The van der Waals surface area contributed by atoms with Crippen molar-refractivity contribution >= 4 is 5.91 Å². The third-order valence-electron chi connectivity index (χ3n) is 5.69. The summed E-state index contributed by atoms with van der Waals surface area (Å²) in [6.45, 7) is 4.59. The fraction of sp³-hybridized carbons (Fsp3) is 0.650. The van der Waals surface area contributed by atoms with Crippen LogP contribution in [0.25, 0.3) is 0 Å². The lowest BCUT2D eigenvalue weighted by molar-refractivity contribution is -0.0465. The highest BCUT2D eigenvalue weighted by Gasteiger charge is 2.45. The molecule has 1 amide bonds. The van der Waals surface area contributed by atoms with Crippen molar-refractivity contribution in [3.05, 3.63) is 35.1 Å². The van der Waals surface area contributed by atoms with E-state index in [4.69, 9.17) is 9.47 Å². The van der Waals surface area contributed by atoms with E-state index in [1.165, 1.54) is 25.0 Å². The van der Waals surface area contributed by atoms with E-state index in [1.54, 1.807) is 13.0 Å². The molecule has 2 atom stereocenters. The number of carbonyl (C=O) groups excluding carboxylic acids is 1. The van der Waals surface area contributed by atoms with E-state index in [0.29, 0.717) is 24.3 Å². The Bertz CT molecular complexity index is 660. The molecule has 1 saturated carbocycles. The molecule has 5 heteroatoms. The molecule has 1 aromatic rings. The maximum absolute atomic E-state index is 13.3. The molecule has 2 aliphatic heterocycles. The molecular weight excluding hydrogens is 321 g/mol. The first-order chi connectivity index (χ1) is 12.0. The first kappa shape index (κ1) is 17.0. The molecule has 3 aliphatic rings. The molecule has 2 heterocycles. The fourth-order valence-corrected chi connectivity index (χ4v) is 4.06. The van der Waals surface area contributed by atoms with Crippen LogP contribution in [0.4, 0.5) is 4.39 Å². The van der Waals surface area contributed by atoms with Crippen molar-refractivity contribution in [3.63, 3.8) is 0 Å². The molecule has 0 aromatic heterocycles. The molecule has 1 aliphatic carbocycles. The number of ether oxygens (including phenoxy) is 2. The van der Waals surface area contributed by atoms with Gasteiger partial charge < -0.3 is 14.4 Å². The minimum Gasteiger partial charge on any atom is -0.375 e. The summed E-state index contributed by atoms with van der Waals surface area (Å²) in [5, 5.41) is 0. The molecule has 1 aromatic carbocycles. The smallest absolute Gasteiger partial charge is 0.254 e. The van der Waals surface area contributed by atoms with E-state index in [0.717, 1.165) is 38.3 Å². The molecule has 0 N–H and O–H groups in total. The van der Waals surface area contributed by atoms with E-state index in [2.05, 4.69) is 0 Å². The van der Waals surface area contributed by atoms with Crippen LogP contribution in [0.5, 0.6) is 0 Å². The zero-order chi connectivity index (χ0) is 17.4. The summed E-state index contributed by atoms with van der Waals surface area (Å²) in [4.78, 5) is 14.8. The number of likely N-dealkylation sites (tertiary alicyclic amines) is 1. The number of carbonyl (C=O) groups is 1. The zero-order valence-corrected chi connectivity index (χ0v) is 14.8. The Morgan fingerprint density at radius 2 is 2.28 bits per heavy atom. The van der Waals surface area contributed by atoms with Crippen molar-refractivity contribution in [3.8, 4) is 0 Å². The molecule has 0 bridgehead atoms. The average Bonchev–Trinajstić information content (AvgIpc) is 3.35. The van der Waals surface area contributed by atoms with Crippen LogP contribution in [0.3, 0.4) is 0 Å². The number of piperidine rings is 1. The fourth-order valence-electron chi connectivity index (χ4n) is 4.06. The third kappa shape index (κ3) is 3.72. The molecular formula is C20H26FNO3. The highest BCUT2D eigenvalue weighted by molar-refractivity contribution is 5.95. The number of halogens is 1. The maximum Gasteiger partial charge on any atom is 0.254 e. The third-order valence-corrected chi connectivity index (χ3v) is 5.69. The minimum absolute atomic E-state index is 0.0254. The first-order valence-electron chi connectivity index (χ1n) is 9.36. The van der Waals surface area contributed by atoms with Gasteiger partial charge in [0.15, 0.2) is 0 Å². The van der Waals surface area contributed by atoms with Crippen LogP contribution in [-0.2, 0) is 9.47 Å². The van der Waals surface area contributed by atoms with Gasteiger partial charge >= 0.3 is 0 Å². The molecule has 4 rings (SSSR count). The van der Waals surface area contributed by atoms with Crippen LogP contribution in [-0.4, -0.2) is 48.8 Å². The van der Waals surface area contributed by atoms with Crippen LogP contribution < -0.4 is 0 Å². The van der Waals surface area contributed by atoms with Gasteiger partial charge in [-0.05, 0) is 62.3 Å². The monoisotopic (exact) mass is 347 g/mol. The molecule has 4 nitrogen and oxygen atoms in total. The Morgan fingerprint density at radius 3 is 3.04 bits per heavy atom. The van der Waals surface area contributed by atoms with Crippen LogP contribution in [0.15, 0.2) is 18.2 Å². The van der Waals surface area contributed by atoms with Crippen molar-refractivity contribution in [1.29, 1.82) is 0 Å². The number of rotatable bonds is 4. The van der Waals surface area contributed by atoms with E-state index >= 15 is 0 Å². The molecule has 25 heavy (non-hydrogen) atoms. The summed E-state index contributed by atoms with van der Waals surface area (Å²) < 4.78 is 25.4. The highest BCUT2D eigenvalue weighted by Crippen LogP contribution is 2.37. The van der Waals surface area contributed by atoms with Gasteiger partial charge in [-0.15, -0.1) is 0 Å². The Labute approximate surface area is 148 Å². The molecule has 0 unspecified atom stereocenters. The Hall–Kier alpha value is -1.46. The van der Waals surface area contributed by atoms with Gasteiger partial charge in [-0.25, -0.2) is 4.39 Å². The van der Waals surface area contributed by atoms with Gasteiger partial charge in [0.1, 0.15) is 5.82 Å². The van der Waals surface area contributed by atoms with Crippen molar-refractivity contribution in [2.75, 3.05) is 26.3 Å². The molecule has 136 valence electrons. The van der Waals surface area contributed by atoms with Crippen LogP contribution >= 0.6 is 0 Å². The first-order valence-corrected chi connectivity index (χ1v) is 9.36. The lowest BCUT2D eigenvalue weighted by Gasteiger charge is -2.39. The number of aryl methyl sites for hydroxylation is 1.